The molecule has 0 spiro atoms. The van der Waals surface area contributed by atoms with E-state index in [9.17, 15) is 18.0 Å². The molecule has 170 valence electrons. The number of halogens is 4. The van der Waals surface area contributed by atoms with Gasteiger partial charge in [0.2, 0.25) is 5.95 Å². The third-order valence-corrected chi connectivity index (χ3v) is 6.33. The second-order valence-electron chi connectivity index (χ2n) is 8.10. The number of hydrogen-bond donors (Lipinski definition) is 0. The molecule has 2 aliphatic rings. The molecule has 3 aromatic rings. The van der Waals surface area contributed by atoms with Gasteiger partial charge in [0, 0.05) is 17.2 Å². The summed E-state index contributed by atoms with van der Waals surface area (Å²) in [7, 11) is 1.56. The van der Waals surface area contributed by atoms with Gasteiger partial charge in [0.25, 0.3) is 5.82 Å². The van der Waals surface area contributed by atoms with E-state index in [0.717, 1.165) is 10.2 Å². The molecule has 0 amide bonds. The summed E-state index contributed by atoms with van der Waals surface area (Å²) in [6.45, 7) is 0. The zero-order valence-electron chi connectivity index (χ0n) is 17.4. The van der Waals surface area contributed by atoms with Crippen molar-refractivity contribution < 1.29 is 22.7 Å². The predicted molar refractivity (Wildman–Crippen MR) is 115 cm³/mol. The van der Waals surface area contributed by atoms with Crippen molar-refractivity contribution in [3.63, 3.8) is 0 Å². The minimum atomic E-state index is -4.73. The first-order valence-corrected chi connectivity index (χ1v) is 10.7. The van der Waals surface area contributed by atoms with Gasteiger partial charge < -0.3 is 4.74 Å². The van der Waals surface area contributed by atoms with E-state index in [1.165, 1.54) is 0 Å². The van der Waals surface area contributed by atoms with Crippen molar-refractivity contribution in [2.75, 3.05) is 7.11 Å². The number of aliphatic imine (C=N–C) groups is 1. The van der Waals surface area contributed by atoms with Gasteiger partial charge in [0.1, 0.15) is 11.5 Å². The van der Waals surface area contributed by atoms with Crippen LogP contribution in [0.4, 0.5) is 19.1 Å². The van der Waals surface area contributed by atoms with E-state index in [4.69, 9.17) is 16.3 Å². The number of benzene rings is 2. The summed E-state index contributed by atoms with van der Waals surface area (Å²) in [5.74, 6) is -1.78. The Balaban J connectivity index is 1.60. The number of methoxy groups -OCH3 is 1. The van der Waals surface area contributed by atoms with Gasteiger partial charge in [0.05, 0.1) is 19.1 Å². The van der Waals surface area contributed by atoms with Crippen LogP contribution in [0.5, 0.6) is 5.75 Å². The van der Waals surface area contributed by atoms with E-state index in [-0.39, 0.29) is 24.1 Å². The van der Waals surface area contributed by atoms with Crippen LogP contribution in [-0.2, 0) is 11.0 Å². The number of aromatic nitrogens is 3. The summed E-state index contributed by atoms with van der Waals surface area (Å²) in [5.41, 5.74) is 2.03. The van der Waals surface area contributed by atoms with Crippen molar-refractivity contribution in [2.45, 2.75) is 31.0 Å². The standard InChI is InChI=1S/C23H18ClF3N4O2/c1-33-16-4-2-3-13(9-16)14-10-17-19(18(32)11-14)20(12-5-7-15(24)8-6-12)31-22(28-17)29-21(30-31)23(25,26)27/h2-9,14,19-20H,10-11H2,1H3. The zero-order chi connectivity index (χ0) is 23.3. The number of carbonyl (C=O) groups excluding carboxylic acids is 1. The average molecular weight is 475 g/mol. The average Bonchev–Trinajstić information content (AvgIpc) is 3.23. The summed E-state index contributed by atoms with van der Waals surface area (Å²) in [6, 6.07) is 13.3. The molecule has 33 heavy (non-hydrogen) atoms. The molecule has 10 heteroatoms. The lowest BCUT2D eigenvalue weighted by atomic mass is 9.72. The largest absolute Gasteiger partial charge is 0.497 e. The molecule has 6 nitrogen and oxygen atoms in total. The number of alkyl halides is 3. The molecule has 1 aliphatic carbocycles. The molecule has 1 saturated carbocycles. The zero-order valence-corrected chi connectivity index (χ0v) is 18.1. The molecular weight excluding hydrogens is 457 g/mol. The number of ketones is 1. The van der Waals surface area contributed by atoms with Crippen LogP contribution in [-0.4, -0.2) is 33.4 Å². The molecule has 0 saturated heterocycles. The number of fused-ring (bicyclic) bond motifs is 2. The topological polar surface area (TPSA) is 69.4 Å². The first-order chi connectivity index (χ1) is 15.7. The van der Waals surface area contributed by atoms with E-state index in [1.54, 1.807) is 31.4 Å². The second-order valence-corrected chi connectivity index (χ2v) is 8.54. The fourth-order valence-corrected chi connectivity index (χ4v) is 4.70. The Kier molecular flexibility index (Phi) is 5.23. The molecular formula is C23H18ClF3N4O2. The number of ether oxygens (including phenoxy) is 1. The lowest BCUT2D eigenvalue weighted by Gasteiger charge is -2.37. The summed E-state index contributed by atoms with van der Waals surface area (Å²) in [5, 5.41) is 4.18. The van der Waals surface area contributed by atoms with Gasteiger partial charge in [-0.1, -0.05) is 35.9 Å². The number of nitrogens with zero attached hydrogens (tertiary/aromatic N) is 4. The monoisotopic (exact) mass is 474 g/mol. The first kappa shape index (κ1) is 21.6. The highest BCUT2D eigenvalue weighted by atomic mass is 35.5. The number of Topliss-reactive ketones (excluding diaryl/α,β-unsaturated/α-hetero) is 1. The highest BCUT2D eigenvalue weighted by molar-refractivity contribution is 6.30. The van der Waals surface area contributed by atoms with Crippen molar-refractivity contribution in [3.05, 3.63) is 70.5 Å². The Hall–Kier alpha value is -3.20. The molecule has 1 fully saturated rings. The van der Waals surface area contributed by atoms with Gasteiger partial charge in [-0.05, 0) is 47.7 Å². The second kappa shape index (κ2) is 7.98. The van der Waals surface area contributed by atoms with Crippen LogP contribution in [0.1, 0.15) is 41.8 Å². The molecule has 0 bridgehead atoms. The summed E-state index contributed by atoms with van der Waals surface area (Å²) < 4.78 is 46.5. The maximum Gasteiger partial charge on any atom is 0.453 e. The Morgan fingerprint density at radius 1 is 1.09 bits per heavy atom. The Morgan fingerprint density at radius 2 is 1.85 bits per heavy atom. The SMILES string of the molecule is COc1cccc(C2CC(=O)C3C(=Nc4nc(C(F)(F)F)nn4C3c3ccc(Cl)cc3)C2)c1. The lowest BCUT2D eigenvalue weighted by molar-refractivity contribution is -0.145. The van der Waals surface area contributed by atoms with Crippen LogP contribution >= 0.6 is 11.6 Å². The smallest absolute Gasteiger partial charge is 0.453 e. The summed E-state index contributed by atoms with van der Waals surface area (Å²) in [6.07, 6.45) is -4.08. The van der Waals surface area contributed by atoms with Crippen LogP contribution in [0, 0.1) is 5.92 Å². The van der Waals surface area contributed by atoms with Gasteiger partial charge in [-0.3, -0.25) is 4.79 Å². The van der Waals surface area contributed by atoms with Crippen LogP contribution in [0.15, 0.2) is 53.5 Å². The van der Waals surface area contributed by atoms with E-state index < -0.39 is 24.0 Å². The van der Waals surface area contributed by atoms with E-state index in [1.807, 2.05) is 24.3 Å². The van der Waals surface area contributed by atoms with Crippen LogP contribution in [0.3, 0.4) is 0 Å². The van der Waals surface area contributed by atoms with Crippen molar-refractivity contribution in [3.8, 4) is 5.75 Å². The fourth-order valence-electron chi connectivity index (χ4n) is 4.57. The maximum atomic E-state index is 13.4. The molecule has 3 unspecified atom stereocenters. The van der Waals surface area contributed by atoms with Gasteiger partial charge >= 0.3 is 6.18 Å². The van der Waals surface area contributed by atoms with E-state index in [2.05, 4.69) is 15.1 Å². The lowest BCUT2D eigenvalue weighted by Crippen LogP contribution is -2.41. The third-order valence-electron chi connectivity index (χ3n) is 6.08. The van der Waals surface area contributed by atoms with Crippen molar-refractivity contribution in [1.82, 2.24) is 14.8 Å². The first-order valence-electron chi connectivity index (χ1n) is 10.3. The molecule has 2 aromatic carbocycles. The van der Waals surface area contributed by atoms with Crippen LogP contribution in [0.2, 0.25) is 5.02 Å². The quantitative estimate of drug-likeness (QED) is 0.510. The number of rotatable bonds is 3. The highest BCUT2D eigenvalue weighted by Crippen LogP contribution is 2.45. The minimum absolute atomic E-state index is 0.109. The maximum absolute atomic E-state index is 13.4. The number of hydrogen-bond acceptors (Lipinski definition) is 5. The van der Waals surface area contributed by atoms with Crippen molar-refractivity contribution in [1.29, 1.82) is 0 Å². The van der Waals surface area contributed by atoms with Gasteiger partial charge in [-0.15, -0.1) is 5.10 Å². The molecule has 2 heterocycles. The molecule has 0 N–H and O–H groups in total. The molecule has 0 radical (unpaired) electrons. The van der Waals surface area contributed by atoms with E-state index >= 15 is 0 Å². The van der Waals surface area contributed by atoms with Crippen LogP contribution < -0.4 is 4.74 Å². The third kappa shape index (κ3) is 3.90. The summed E-state index contributed by atoms with van der Waals surface area (Å²) >= 11 is 6.01. The molecule has 1 aliphatic heterocycles. The minimum Gasteiger partial charge on any atom is -0.497 e. The normalized spacial score (nSPS) is 22.4. The summed E-state index contributed by atoms with van der Waals surface area (Å²) in [4.78, 5) is 21.4. The van der Waals surface area contributed by atoms with E-state index in [0.29, 0.717) is 28.5 Å². The molecule has 1 aromatic heterocycles. The number of carbonyl (C=O) groups is 1. The van der Waals surface area contributed by atoms with Crippen molar-refractivity contribution in [2.24, 2.45) is 10.9 Å². The Labute approximate surface area is 192 Å². The Morgan fingerprint density at radius 3 is 2.55 bits per heavy atom. The fraction of sp³-hybridized carbons (Fsp3) is 0.304. The molecule has 5 rings (SSSR count). The highest BCUT2D eigenvalue weighted by Gasteiger charge is 2.46. The van der Waals surface area contributed by atoms with Crippen LogP contribution in [0.25, 0.3) is 0 Å². The molecule has 3 atom stereocenters. The van der Waals surface area contributed by atoms with Gasteiger partial charge in [0.15, 0.2) is 0 Å². The van der Waals surface area contributed by atoms with Crippen molar-refractivity contribution >= 4 is 29.0 Å². The predicted octanol–water partition coefficient (Wildman–Crippen LogP) is 5.40. The Bertz CT molecular complexity index is 1250. The van der Waals surface area contributed by atoms with Gasteiger partial charge in [-0.25, -0.2) is 9.67 Å². The van der Waals surface area contributed by atoms with Gasteiger partial charge in [-0.2, -0.15) is 18.2 Å².